The Labute approximate surface area is 370 Å². The highest BCUT2D eigenvalue weighted by atomic mass is 15.1. The Morgan fingerprint density at radius 3 is 1.10 bits per heavy atom. The van der Waals surface area contributed by atoms with Crippen LogP contribution in [0.15, 0.2) is 243 Å². The van der Waals surface area contributed by atoms with Crippen molar-refractivity contribution in [1.82, 2.24) is 0 Å². The monoisotopic (exact) mass is 806 g/mol. The second kappa shape index (κ2) is 15.8. The van der Waals surface area contributed by atoms with E-state index in [0.29, 0.717) is 0 Å². The van der Waals surface area contributed by atoms with Crippen LogP contribution in [0.3, 0.4) is 0 Å². The van der Waals surface area contributed by atoms with E-state index in [1.54, 1.807) is 0 Å². The highest BCUT2D eigenvalue weighted by Crippen LogP contribution is 2.53. The van der Waals surface area contributed by atoms with Gasteiger partial charge in [0.1, 0.15) is 0 Å². The fourth-order valence-electron chi connectivity index (χ4n) is 9.57. The van der Waals surface area contributed by atoms with E-state index in [1.165, 1.54) is 66.4 Å². The van der Waals surface area contributed by atoms with E-state index in [0.717, 1.165) is 34.1 Å². The summed E-state index contributed by atoms with van der Waals surface area (Å²) in [5.41, 5.74) is 18.9. The molecule has 300 valence electrons. The Morgan fingerprint density at radius 2 is 0.635 bits per heavy atom. The summed E-state index contributed by atoms with van der Waals surface area (Å²) in [6.45, 7) is 4.77. The molecule has 63 heavy (non-hydrogen) atoms. The van der Waals surface area contributed by atoms with E-state index in [4.69, 9.17) is 0 Å². The van der Waals surface area contributed by atoms with E-state index < -0.39 is 0 Å². The third-order valence-electron chi connectivity index (χ3n) is 12.9. The molecule has 1 aliphatic carbocycles. The van der Waals surface area contributed by atoms with Gasteiger partial charge in [-0.15, -0.1) is 0 Å². The highest BCUT2D eigenvalue weighted by molar-refractivity contribution is 5.99. The Balaban J connectivity index is 1.00. The lowest BCUT2D eigenvalue weighted by Crippen LogP contribution is -2.17. The average molecular weight is 807 g/mol. The predicted molar refractivity (Wildman–Crippen MR) is 267 cm³/mol. The third-order valence-corrected chi connectivity index (χ3v) is 12.9. The minimum Gasteiger partial charge on any atom is -0.310 e. The van der Waals surface area contributed by atoms with Crippen LogP contribution in [-0.2, 0) is 5.41 Å². The number of benzene rings is 10. The Hall–Kier alpha value is -7.94. The van der Waals surface area contributed by atoms with Crippen LogP contribution in [-0.4, -0.2) is 0 Å². The van der Waals surface area contributed by atoms with Gasteiger partial charge < -0.3 is 9.80 Å². The summed E-state index contributed by atoms with van der Waals surface area (Å²) in [6, 6.07) is 88.3. The summed E-state index contributed by atoms with van der Waals surface area (Å²) in [5.74, 6) is 0. The van der Waals surface area contributed by atoms with Gasteiger partial charge in [-0.2, -0.15) is 0 Å². The molecule has 10 aromatic carbocycles. The van der Waals surface area contributed by atoms with Gasteiger partial charge in [-0.1, -0.05) is 190 Å². The second-order valence-corrected chi connectivity index (χ2v) is 17.0. The molecule has 0 N–H and O–H groups in total. The molecule has 0 saturated carbocycles. The second-order valence-electron chi connectivity index (χ2n) is 17.0. The zero-order chi connectivity index (χ0) is 42.3. The molecule has 2 nitrogen and oxygen atoms in total. The molecule has 0 atom stereocenters. The Bertz CT molecular complexity index is 3120. The number of nitrogens with zero attached hydrogens (tertiary/aromatic N) is 2. The van der Waals surface area contributed by atoms with E-state index in [-0.39, 0.29) is 5.41 Å². The van der Waals surface area contributed by atoms with Crippen molar-refractivity contribution in [2.24, 2.45) is 0 Å². The molecule has 0 bridgehead atoms. The van der Waals surface area contributed by atoms with Gasteiger partial charge in [-0.05, 0) is 128 Å². The number of hydrogen-bond acceptors (Lipinski definition) is 2. The first kappa shape index (κ1) is 38.0. The van der Waals surface area contributed by atoms with E-state index in [1.807, 2.05) is 0 Å². The van der Waals surface area contributed by atoms with E-state index >= 15 is 0 Å². The fraction of sp³-hybridized carbons (Fsp3) is 0.0492. The largest absolute Gasteiger partial charge is 0.310 e. The molecular formula is C61H46N2. The van der Waals surface area contributed by atoms with Crippen molar-refractivity contribution in [2.75, 3.05) is 9.80 Å². The quantitative estimate of drug-likeness (QED) is 0.143. The van der Waals surface area contributed by atoms with Crippen molar-refractivity contribution in [2.45, 2.75) is 19.3 Å². The van der Waals surface area contributed by atoms with Gasteiger partial charge in [0.25, 0.3) is 0 Å². The maximum Gasteiger partial charge on any atom is 0.0540 e. The lowest BCUT2D eigenvalue weighted by Gasteiger charge is -2.30. The molecule has 0 amide bonds. The van der Waals surface area contributed by atoms with Gasteiger partial charge in [0.15, 0.2) is 0 Å². The van der Waals surface area contributed by atoms with Crippen LogP contribution < -0.4 is 9.80 Å². The molecule has 0 saturated heterocycles. The van der Waals surface area contributed by atoms with Crippen LogP contribution in [0.4, 0.5) is 34.1 Å². The first-order valence-corrected chi connectivity index (χ1v) is 21.8. The molecule has 0 spiro atoms. The van der Waals surface area contributed by atoms with Crippen molar-refractivity contribution in [3.05, 3.63) is 254 Å². The molecule has 1 aliphatic rings. The molecule has 0 aliphatic heterocycles. The maximum absolute atomic E-state index is 2.43. The summed E-state index contributed by atoms with van der Waals surface area (Å²) in [6.07, 6.45) is 0. The molecule has 0 radical (unpaired) electrons. The molecule has 2 heteroatoms. The van der Waals surface area contributed by atoms with Crippen molar-refractivity contribution >= 4 is 44.9 Å². The third kappa shape index (κ3) is 6.96. The molecule has 0 fully saturated rings. The average Bonchev–Trinajstić information content (AvgIpc) is 3.58. The molecule has 10 aromatic rings. The molecule has 0 heterocycles. The van der Waals surface area contributed by atoms with E-state index in [9.17, 15) is 0 Å². The smallest absolute Gasteiger partial charge is 0.0540 e. The van der Waals surface area contributed by atoms with Crippen LogP contribution in [0.25, 0.3) is 55.3 Å². The van der Waals surface area contributed by atoms with Crippen LogP contribution in [0, 0.1) is 0 Å². The van der Waals surface area contributed by atoms with Crippen molar-refractivity contribution in [3.63, 3.8) is 0 Å². The topological polar surface area (TPSA) is 6.48 Å². The lowest BCUT2D eigenvalue weighted by atomic mass is 9.82. The van der Waals surface area contributed by atoms with Gasteiger partial charge in [-0.3, -0.25) is 0 Å². The minimum atomic E-state index is -0.266. The summed E-state index contributed by atoms with van der Waals surface area (Å²) in [4.78, 5) is 4.83. The predicted octanol–water partition coefficient (Wildman–Crippen LogP) is 17.1. The molecule has 0 aromatic heterocycles. The van der Waals surface area contributed by atoms with Gasteiger partial charge in [0.2, 0.25) is 0 Å². The summed E-state index contributed by atoms with van der Waals surface area (Å²) in [5, 5.41) is 2.44. The summed E-state index contributed by atoms with van der Waals surface area (Å²) >= 11 is 0. The number of fused-ring (bicyclic) bond motifs is 4. The number of hydrogen-bond donors (Lipinski definition) is 0. The standard InChI is InChI=1S/C61H46N2/c1-61(2)58-41-53(62(50-31-25-46(26-32-50)43-15-6-3-7-16-43)51-33-27-47(28-34-51)44-17-8-4-9-18-44)37-39-56(58)57-40-38-54(42-59(57)61)63(60-24-14-22-49-21-12-13-23-55(49)60)52-35-29-48(30-36-52)45-19-10-5-11-20-45/h3-42H,1-2H3. The number of rotatable bonds is 9. The summed E-state index contributed by atoms with van der Waals surface area (Å²) in [7, 11) is 0. The maximum atomic E-state index is 2.43. The van der Waals surface area contributed by atoms with Crippen LogP contribution in [0.1, 0.15) is 25.0 Å². The SMILES string of the molecule is CC1(C)c2cc(N(c3ccc(-c4ccccc4)cc3)c3ccc(-c4ccccc4)cc3)ccc2-c2ccc(N(c3ccc(-c4ccccc4)cc3)c3cccc4ccccc34)cc21. The van der Waals surface area contributed by atoms with Crippen LogP contribution in [0.5, 0.6) is 0 Å². The minimum absolute atomic E-state index is 0.266. The van der Waals surface area contributed by atoms with Crippen molar-refractivity contribution < 1.29 is 0 Å². The highest BCUT2D eigenvalue weighted by Gasteiger charge is 2.37. The lowest BCUT2D eigenvalue weighted by molar-refractivity contribution is 0.660. The molecule has 11 rings (SSSR count). The normalized spacial score (nSPS) is 12.4. The van der Waals surface area contributed by atoms with Crippen molar-refractivity contribution in [1.29, 1.82) is 0 Å². The first-order valence-electron chi connectivity index (χ1n) is 21.8. The van der Waals surface area contributed by atoms with E-state index in [2.05, 4.69) is 266 Å². The zero-order valence-corrected chi connectivity index (χ0v) is 35.5. The molecule has 0 unspecified atom stereocenters. The fourth-order valence-corrected chi connectivity index (χ4v) is 9.57. The van der Waals surface area contributed by atoms with Gasteiger partial charge in [0.05, 0.1) is 5.69 Å². The Kier molecular flexibility index (Phi) is 9.55. The van der Waals surface area contributed by atoms with Gasteiger partial charge in [0, 0.05) is 39.2 Å². The van der Waals surface area contributed by atoms with Crippen LogP contribution >= 0.6 is 0 Å². The van der Waals surface area contributed by atoms with Crippen LogP contribution in [0.2, 0.25) is 0 Å². The first-order chi connectivity index (χ1) is 31.0. The number of anilines is 6. The van der Waals surface area contributed by atoms with Gasteiger partial charge in [-0.25, -0.2) is 0 Å². The summed E-state index contributed by atoms with van der Waals surface area (Å²) < 4.78 is 0. The Morgan fingerprint density at radius 1 is 0.286 bits per heavy atom. The zero-order valence-electron chi connectivity index (χ0n) is 35.5. The van der Waals surface area contributed by atoms with Gasteiger partial charge >= 0.3 is 0 Å². The molecular weight excluding hydrogens is 761 g/mol. The van der Waals surface area contributed by atoms with Crippen molar-refractivity contribution in [3.8, 4) is 44.5 Å².